The van der Waals surface area contributed by atoms with E-state index in [0.717, 1.165) is 33.9 Å². The molecule has 0 aliphatic carbocycles. The average molecular weight is 465 g/mol. The Kier molecular flexibility index (Phi) is 5.77. The van der Waals surface area contributed by atoms with Crippen LogP contribution in [0.2, 0.25) is 0 Å². The maximum absolute atomic E-state index is 13.4. The second kappa shape index (κ2) is 8.71. The molecule has 2 aromatic heterocycles. The van der Waals surface area contributed by atoms with Crippen molar-refractivity contribution in [2.45, 2.75) is 18.4 Å². The maximum Gasteiger partial charge on any atom is 0.245 e. The Morgan fingerprint density at radius 1 is 0.906 bits per heavy atom. The van der Waals surface area contributed by atoms with E-state index < -0.39 is 10.0 Å². The minimum Gasteiger partial charge on any atom is -0.294 e. The molecular weight excluding hydrogens is 440 g/mol. The Balaban J connectivity index is 1.28. The Hall–Kier alpha value is -2.65. The van der Waals surface area contributed by atoms with E-state index in [1.54, 1.807) is 27.8 Å². The Labute approximate surface area is 192 Å². The highest BCUT2D eigenvalue weighted by Gasteiger charge is 2.30. The fourth-order valence-corrected chi connectivity index (χ4v) is 6.43. The van der Waals surface area contributed by atoms with Crippen LogP contribution in [0.3, 0.4) is 0 Å². The quantitative estimate of drug-likeness (QED) is 0.443. The SMILES string of the molecule is Cc1ccc2cccc(S(=O)(=O)N3CCN(Cc4nc(-c5ccccc5)cs4)CC3)c2n1. The predicted molar refractivity (Wildman–Crippen MR) is 128 cm³/mol. The highest BCUT2D eigenvalue weighted by molar-refractivity contribution is 7.89. The largest absolute Gasteiger partial charge is 0.294 e. The maximum atomic E-state index is 13.4. The van der Waals surface area contributed by atoms with Gasteiger partial charge >= 0.3 is 0 Å². The smallest absolute Gasteiger partial charge is 0.245 e. The van der Waals surface area contributed by atoms with Crippen LogP contribution in [0, 0.1) is 6.92 Å². The van der Waals surface area contributed by atoms with Gasteiger partial charge in [0.25, 0.3) is 0 Å². The fraction of sp³-hybridized carbons (Fsp3) is 0.250. The molecule has 164 valence electrons. The number of hydrogen-bond donors (Lipinski definition) is 0. The van der Waals surface area contributed by atoms with Crippen molar-refractivity contribution in [1.29, 1.82) is 0 Å². The summed E-state index contributed by atoms with van der Waals surface area (Å²) in [6.07, 6.45) is 0. The Morgan fingerprint density at radius 3 is 2.47 bits per heavy atom. The van der Waals surface area contributed by atoms with Crippen molar-refractivity contribution >= 4 is 32.3 Å². The number of piperazine rings is 1. The number of rotatable bonds is 5. The first-order valence-electron chi connectivity index (χ1n) is 10.6. The van der Waals surface area contributed by atoms with E-state index in [1.807, 2.05) is 43.3 Å². The van der Waals surface area contributed by atoms with Gasteiger partial charge in [-0.2, -0.15) is 4.31 Å². The number of nitrogens with zero attached hydrogens (tertiary/aromatic N) is 4. The molecule has 4 aromatic rings. The van der Waals surface area contributed by atoms with Crippen molar-refractivity contribution in [2.75, 3.05) is 26.2 Å². The highest BCUT2D eigenvalue weighted by atomic mass is 32.2. The van der Waals surface area contributed by atoms with Gasteiger partial charge in [0.05, 0.1) is 17.8 Å². The molecular formula is C24H24N4O2S2. The van der Waals surface area contributed by atoms with Crippen LogP contribution in [-0.2, 0) is 16.6 Å². The molecule has 0 amide bonds. The van der Waals surface area contributed by atoms with E-state index in [1.165, 1.54) is 0 Å². The van der Waals surface area contributed by atoms with E-state index in [4.69, 9.17) is 4.98 Å². The van der Waals surface area contributed by atoms with Crippen molar-refractivity contribution in [3.8, 4) is 11.3 Å². The molecule has 0 saturated carbocycles. The number of fused-ring (bicyclic) bond motifs is 1. The number of aryl methyl sites for hydroxylation is 1. The van der Waals surface area contributed by atoms with Crippen molar-refractivity contribution in [3.63, 3.8) is 0 Å². The molecule has 1 saturated heterocycles. The lowest BCUT2D eigenvalue weighted by Gasteiger charge is -2.33. The number of aromatic nitrogens is 2. The lowest BCUT2D eigenvalue weighted by Crippen LogP contribution is -2.48. The normalized spacial score (nSPS) is 15.9. The summed E-state index contributed by atoms with van der Waals surface area (Å²) in [6, 6.07) is 19.3. The molecule has 32 heavy (non-hydrogen) atoms. The molecule has 1 aliphatic rings. The third-order valence-electron chi connectivity index (χ3n) is 5.75. The van der Waals surface area contributed by atoms with E-state index in [2.05, 4.69) is 27.4 Å². The van der Waals surface area contributed by atoms with Gasteiger partial charge in [-0.25, -0.2) is 13.4 Å². The monoisotopic (exact) mass is 464 g/mol. The van der Waals surface area contributed by atoms with Crippen molar-refractivity contribution < 1.29 is 8.42 Å². The summed E-state index contributed by atoms with van der Waals surface area (Å²) in [5.41, 5.74) is 3.46. The minimum absolute atomic E-state index is 0.291. The van der Waals surface area contributed by atoms with Gasteiger partial charge in [-0.1, -0.05) is 48.5 Å². The van der Waals surface area contributed by atoms with Gasteiger partial charge in [0.1, 0.15) is 9.90 Å². The Morgan fingerprint density at radius 2 is 1.69 bits per heavy atom. The molecule has 1 aliphatic heterocycles. The van der Waals surface area contributed by atoms with Crippen LogP contribution in [0.15, 0.2) is 70.9 Å². The number of para-hydroxylation sites is 1. The summed E-state index contributed by atoms with van der Waals surface area (Å²) in [5.74, 6) is 0. The van der Waals surface area contributed by atoms with Crippen LogP contribution < -0.4 is 0 Å². The molecule has 0 N–H and O–H groups in total. The number of thiazole rings is 1. The van der Waals surface area contributed by atoms with Crippen molar-refractivity contribution in [2.24, 2.45) is 0 Å². The summed E-state index contributed by atoms with van der Waals surface area (Å²) in [5, 5.41) is 3.98. The van der Waals surface area contributed by atoms with Gasteiger partial charge in [0.15, 0.2) is 0 Å². The zero-order valence-corrected chi connectivity index (χ0v) is 19.4. The van der Waals surface area contributed by atoms with E-state index in [-0.39, 0.29) is 0 Å². The zero-order chi connectivity index (χ0) is 22.1. The molecule has 3 heterocycles. The molecule has 5 rings (SSSR count). The van der Waals surface area contributed by atoms with Crippen LogP contribution in [-0.4, -0.2) is 53.8 Å². The first-order valence-corrected chi connectivity index (χ1v) is 12.9. The first-order chi connectivity index (χ1) is 15.5. The molecule has 0 bridgehead atoms. The second-order valence-electron chi connectivity index (χ2n) is 7.95. The van der Waals surface area contributed by atoms with E-state index in [0.29, 0.717) is 36.6 Å². The van der Waals surface area contributed by atoms with Crippen LogP contribution in [0.1, 0.15) is 10.7 Å². The van der Waals surface area contributed by atoms with Gasteiger partial charge in [-0.05, 0) is 19.1 Å². The Bertz CT molecular complexity index is 1340. The summed E-state index contributed by atoms with van der Waals surface area (Å²) < 4.78 is 28.4. The zero-order valence-electron chi connectivity index (χ0n) is 17.8. The van der Waals surface area contributed by atoms with Crippen LogP contribution in [0.25, 0.3) is 22.2 Å². The van der Waals surface area contributed by atoms with Gasteiger partial charge < -0.3 is 0 Å². The summed E-state index contributed by atoms with van der Waals surface area (Å²) in [4.78, 5) is 11.8. The van der Waals surface area contributed by atoms with Crippen LogP contribution in [0.4, 0.5) is 0 Å². The minimum atomic E-state index is -3.60. The lowest BCUT2D eigenvalue weighted by atomic mass is 10.2. The highest BCUT2D eigenvalue weighted by Crippen LogP contribution is 2.26. The molecule has 1 fully saturated rings. The second-order valence-corrected chi connectivity index (χ2v) is 10.8. The molecule has 0 unspecified atom stereocenters. The summed E-state index contributed by atoms with van der Waals surface area (Å²) >= 11 is 1.65. The topological polar surface area (TPSA) is 66.4 Å². The third kappa shape index (κ3) is 4.19. The number of benzene rings is 2. The van der Waals surface area contributed by atoms with Crippen molar-refractivity contribution in [1.82, 2.24) is 19.2 Å². The lowest BCUT2D eigenvalue weighted by molar-refractivity contribution is 0.181. The van der Waals surface area contributed by atoms with E-state index in [9.17, 15) is 8.42 Å². The third-order valence-corrected chi connectivity index (χ3v) is 8.52. The van der Waals surface area contributed by atoms with Gasteiger partial charge in [-0.3, -0.25) is 9.88 Å². The van der Waals surface area contributed by atoms with Crippen molar-refractivity contribution in [3.05, 3.63) is 76.7 Å². The van der Waals surface area contributed by atoms with E-state index >= 15 is 0 Å². The van der Waals surface area contributed by atoms with Crippen LogP contribution >= 0.6 is 11.3 Å². The molecule has 8 heteroatoms. The van der Waals surface area contributed by atoms with Gasteiger partial charge in [-0.15, -0.1) is 11.3 Å². The standard InChI is InChI=1S/C24H24N4O2S2/c1-18-10-11-20-8-5-9-22(24(20)25-18)32(29,30)28-14-12-27(13-15-28)16-23-26-21(17-31-23)19-6-3-2-4-7-19/h2-11,17H,12-16H2,1H3. The summed E-state index contributed by atoms with van der Waals surface area (Å²) in [7, 11) is -3.60. The van der Waals surface area contributed by atoms with Gasteiger partial charge in [0.2, 0.25) is 10.0 Å². The van der Waals surface area contributed by atoms with Gasteiger partial charge in [0, 0.05) is 48.2 Å². The number of pyridine rings is 1. The fourth-order valence-electron chi connectivity index (χ4n) is 4.01. The number of sulfonamides is 1. The molecule has 6 nitrogen and oxygen atoms in total. The average Bonchev–Trinajstić information content (AvgIpc) is 3.28. The summed E-state index contributed by atoms with van der Waals surface area (Å²) in [6.45, 7) is 4.89. The predicted octanol–water partition coefficient (Wildman–Crippen LogP) is 4.17. The molecule has 2 aromatic carbocycles. The first kappa shape index (κ1) is 21.2. The molecule has 0 radical (unpaired) electrons. The van der Waals surface area contributed by atoms with Crippen LogP contribution in [0.5, 0.6) is 0 Å². The molecule has 0 spiro atoms. The number of hydrogen-bond acceptors (Lipinski definition) is 6. The molecule has 0 atom stereocenters.